The lowest BCUT2D eigenvalue weighted by atomic mass is 10.5. The van der Waals surface area contributed by atoms with Gasteiger partial charge in [0.15, 0.2) is 5.75 Å². The Morgan fingerprint density at radius 3 is 3.07 bits per heavy atom. The molecule has 0 spiro atoms. The monoisotopic (exact) mass is 214 g/mol. The van der Waals surface area contributed by atoms with Crippen LogP contribution in [0.3, 0.4) is 0 Å². The summed E-state index contributed by atoms with van der Waals surface area (Å²) in [4.78, 5) is 10.4. The molecule has 0 atom stereocenters. The zero-order valence-corrected chi connectivity index (χ0v) is 8.55. The molecule has 84 valence electrons. The van der Waals surface area contributed by atoms with E-state index in [1.807, 2.05) is 0 Å². The summed E-state index contributed by atoms with van der Waals surface area (Å²) >= 11 is 0. The van der Waals surface area contributed by atoms with E-state index in [0.29, 0.717) is 19.0 Å². The van der Waals surface area contributed by atoms with Gasteiger partial charge in [-0.25, -0.2) is 0 Å². The molecule has 6 nitrogen and oxygen atoms in total. The van der Waals surface area contributed by atoms with Crippen LogP contribution in [-0.4, -0.2) is 41.2 Å². The van der Waals surface area contributed by atoms with Crippen LogP contribution in [0.15, 0.2) is 12.4 Å². The van der Waals surface area contributed by atoms with Crippen molar-refractivity contribution < 1.29 is 19.4 Å². The van der Waals surface area contributed by atoms with Crippen LogP contribution in [-0.2, 0) is 16.1 Å². The molecule has 1 aromatic rings. The topological polar surface area (TPSA) is 73.6 Å². The quantitative estimate of drug-likeness (QED) is 0.664. The number of carboxylic acid groups (broad SMARTS) is 1. The predicted molar refractivity (Wildman–Crippen MR) is 51.9 cm³/mol. The Bertz CT molecular complexity index is 311. The van der Waals surface area contributed by atoms with Crippen molar-refractivity contribution in [3.05, 3.63) is 12.4 Å². The summed E-state index contributed by atoms with van der Waals surface area (Å²) in [6.45, 7) is 1.03. The minimum Gasteiger partial charge on any atom is -0.490 e. The predicted octanol–water partition coefficient (Wildman–Crippen LogP) is 0.383. The van der Waals surface area contributed by atoms with Crippen LogP contribution in [0.5, 0.6) is 5.75 Å². The maximum Gasteiger partial charge on any atom is 0.325 e. The minimum absolute atomic E-state index is 0.151. The zero-order valence-electron chi connectivity index (χ0n) is 8.55. The molecule has 0 aliphatic rings. The van der Waals surface area contributed by atoms with E-state index < -0.39 is 5.97 Å². The average Bonchev–Trinajstić information content (AvgIpc) is 2.59. The first-order chi connectivity index (χ1) is 7.22. The highest BCUT2D eigenvalue weighted by Gasteiger charge is 2.02. The Balaban J connectivity index is 2.29. The Hall–Kier alpha value is -1.56. The zero-order chi connectivity index (χ0) is 11.1. The van der Waals surface area contributed by atoms with Gasteiger partial charge in [0.25, 0.3) is 0 Å². The Kier molecular flexibility index (Phi) is 4.62. The molecule has 0 saturated carbocycles. The highest BCUT2D eigenvalue weighted by molar-refractivity contribution is 5.66. The molecule has 0 amide bonds. The van der Waals surface area contributed by atoms with Gasteiger partial charge in [0.2, 0.25) is 0 Å². The van der Waals surface area contributed by atoms with E-state index in [9.17, 15) is 4.79 Å². The third kappa shape index (κ3) is 4.46. The van der Waals surface area contributed by atoms with Crippen LogP contribution < -0.4 is 4.74 Å². The fraction of sp³-hybridized carbons (Fsp3) is 0.556. The van der Waals surface area contributed by atoms with Gasteiger partial charge >= 0.3 is 5.97 Å². The number of ether oxygens (including phenoxy) is 2. The van der Waals surface area contributed by atoms with E-state index in [2.05, 4.69) is 5.10 Å². The number of methoxy groups -OCH3 is 1. The maximum absolute atomic E-state index is 10.4. The van der Waals surface area contributed by atoms with E-state index >= 15 is 0 Å². The van der Waals surface area contributed by atoms with E-state index in [1.54, 1.807) is 13.3 Å². The van der Waals surface area contributed by atoms with E-state index in [-0.39, 0.29) is 6.54 Å². The maximum atomic E-state index is 10.4. The molecule has 1 rings (SSSR count). The van der Waals surface area contributed by atoms with Gasteiger partial charge in [0.1, 0.15) is 6.54 Å². The summed E-state index contributed by atoms with van der Waals surface area (Å²) in [6.07, 6.45) is 3.84. The van der Waals surface area contributed by atoms with Gasteiger partial charge in [-0.15, -0.1) is 0 Å². The first-order valence-corrected chi connectivity index (χ1v) is 4.58. The van der Waals surface area contributed by atoms with Crippen molar-refractivity contribution in [2.45, 2.75) is 13.0 Å². The van der Waals surface area contributed by atoms with Gasteiger partial charge in [-0.05, 0) is 0 Å². The third-order valence-corrected chi connectivity index (χ3v) is 1.67. The number of carboxylic acids is 1. The molecule has 1 aromatic heterocycles. The third-order valence-electron chi connectivity index (χ3n) is 1.67. The van der Waals surface area contributed by atoms with Crippen molar-refractivity contribution in [3.8, 4) is 5.75 Å². The second kappa shape index (κ2) is 6.02. The molecule has 1 heterocycles. The number of hydrogen-bond donors (Lipinski definition) is 1. The summed E-state index contributed by atoms with van der Waals surface area (Å²) in [5.74, 6) is -0.351. The van der Waals surface area contributed by atoms with E-state index in [0.717, 1.165) is 6.42 Å². The smallest absolute Gasteiger partial charge is 0.325 e. The Morgan fingerprint density at radius 2 is 2.40 bits per heavy atom. The number of rotatable bonds is 7. The van der Waals surface area contributed by atoms with Crippen LogP contribution >= 0.6 is 0 Å². The van der Waals surface area contributed by atoms with Crippen LogP contribution in [0.4, 0.5) is 0 Å². The van der Waals surface area contributed by atoms with Crippen LogP contribution in [0, 0.1) is 0 Å². The lowest BCUT2D eigenvalue weighted by Gasteiger charge is -2.01. The molecule has 0 aliphatic carbocycles. The standard InChI is InChI=1S/C9H14N2O4/c1-14-3-2-4-15-8-5-10-11(6-8)7-9(12)13/h5-6H,2-4,7H2,1H3,(H,12,13). The summed E-state index contributed by atoms with van der Waals surface area (Å²) in [6, 6.07) is 0. The number of carbonyl (C=O) groups is 1. The first kappa shape index (κ1) is 11.5. The van der Waals surface area contributed by atoms with Gasteiger partial charge in [-0.3, -0.25) is 9.48 Å². The van der Waals surface area contributed by atoms with E-state index in [1.165, 1.54) is 10.9 Å². The molecular formula is C9H14N2O4. The van der Waals surface area contributed by atoms with Crippen molar-refractivity contribution in [2.24, 2.45) is 0 Å². The molecule has 0 unspecified atom stereocenters. The van der Waals surface area contributed by atoms with Gasteiger partial charge in [-0.1, -0.05) is 0 Å². The van der Waals surface area contributed by atoms with Crippen LogP contribution in [0.25, 0.3) is 0 Å². The SMILES string of the molecule is COCCCOc1cnn(CC(=O)O)c1. The lowest BCUT2D eigenvalue weighted by Crippen LogP contribution is -2.08. The van der Waals surface area contributed by atoms with Crippen molar-refractivity contribution in [2.75, 3.05) is 20.3 Å². The number of aromatic nitrogens is 2. The Labute approximate surface area is 87.4 Å². The normalized spacial score (nSPS) is 10.2. The highest BCUT2D eigenvalue weighted by atomic mass is 16.5. The molecule has 6 heteroatoms. The average molecular weight is 214 g/mol. The number of hydrogen-bond acceptors (Lipinski definition) is 4. The second-order valence-corrected chi connectivity index (χ2v) is 2.96. The second-order valence-electron chi connectivity index (χ2n) is 2.96. The van der Waals surface area contributed by atoms with Crippen LogP contribution in [0.2, 0.25) is 0 Å². The number of aliphatic carboxylic acids is 1. The van der Waals surface area contributed by atoms with E-state index in [4.69, 9.17) is 14.6 Å². The summed E-state index contributed by atoms with van der Waals surface area (Å²) < 4.78 is 11.5. The van der Waals surface area contributed by atoms with Crippen molar-refractivity contribution in [1.29, 1.82) is 0 Å². The fourth-order valence-corrected chi connectivity index (χ4v) is 1.04. The molecule has 0 bridgehead atoms. The summed E-state index contributed by atoms with van der Waals surface area (Å²) in [5, 5.41) is 12.3. The molecule has 0 radical (unpaired) electrons. The van der Waals surface area contributed by atoms with Crippen molar-refractivity contribution in [1.82, 2.24) is 9.78 Å². The molecule has 15 heavy (non-hydrogen) atoms. The summed E-state index contributed by atoms with van der Waals surface area (Å²) in [7, 11) is 1.63. The van der Waals surface area contributed by atoms with Crippen molar-refractivity contribution in [3.63, 3.8) is 0 Å². The molecule has 0 aromatic carbocycles. The largest absolute Gasteiger partial charge is 0.490 e. The van der Waals surface area contributed by atoms with Crippen LogP contribution in [0.1, 0.15) is 6.42 Å². The summed E-state index contributed by atoms with van der Waals surface area (Å²) in [5.41, 5.74) is 0. The molecular weight excluding hydrogens is 200 g/mol. The molecule has 0 fully saturated rings. The van der Waals surface area contributed by atoms with Gasteiger partial charge in [-0.2, -0.15) is 5.10 Å². The molecule has 1 N–H and O–H groups in total. The van der Waals surface area contributed by atoms with Gasteiger partial charge in [0, 0.05) is 20.1 Å². The molecule has 0 aliphatic heterocycles. The highest BCUT2D eigenvalue weighted by Crippen LogP contribution is 2.08. The minimum atomic E-state index is -0.927. The van der Waals surface area contributed by atoms with Crippen molar-refractivity contribution >= 4 is 5.97 Å². The lowest BCUT2D eigenvalue weighted by molar-refractivity contribution is -0.137. The van der Waals surface area contributed by atoms with Gasteiger partial charge < -0.3 is 14.6 Å². The fourth-order valence-electron chi connectivity index (χ4n) is 1.04. The number of nitrogens with zero attached hydrogens (tertiary/aromatic N) is 2. The first-order valence-electron chi connectivity index (χ1n) is 4.58. The van der Waals surface area contributed by atoms with Gasteiger partial charge in [0.05, 0.1) is 19.0 Å². The Morgan fingerprint density at radius 1 is 1.60 bits per heavy atom. The molecule has 0 saturated heterocycles.